The minimum Gasteiger partial charge on any atom is -0.382 e. The first kappa shape index (κ1) is 16.8. The van der Waals surface area contributed by atoms with E-state index in [0.29, 0.717) is 32.7 Å². The van der Waals surface area contributed by atoms with Crippen molar-refractivity contribution in [2.45, 2.75) is 19.3 Å². The zero-order valence-electron chi connectivity index (χ0n) is 11.0. The van der Waals surface area contributed by atoms with Gasteiger partial charge in [0.1, 0.15) is 0 Å². The van der Waals surface area contributed by atoms with E-state index in [4.69, 9.17) is 14.7 Å². The molecule has 0 aromatic carbocycles. The molecule has 0 atom stereocenters. The van der Waals surface area contributed by atoms with Crippen molar-refractivity contribution in [3.8, 4) is 6.07 Å². The van der Waals surface area contributed by atoms with Crippen LogP contribution in [0.15, 0.2) is 0 Å². The third-order valence-corrected chi connectivity index (χ3v) is 2.17. The number of nitrogens with zero attached hydrogens (tertiary/aromatic N) is 1. The fraction of sp³-hybridized carbons (Fsp3) is 0.833. The first-order chi connectivity index (χ1) is 8.81. The van der Waals surface area contributed by atoms with Crippen LogP contribution in [0, 0.1) is 11.3 Å². The highest BCUT2D eigenvalue weighted by Crippen LogP contribution is 1.88. The molecule has 6 heteroatoms. The van der Waals surface area contributed by atoms with Gasteiger partial charge in [0.25, 0.3) is 0 Å². The smallest absolute Gasteiger partial charge is 0.233 e. The molecule has 1 amide bonds. The molecule has 2 N–H and O–H groups in total. The summed E-state index contributed by atoms with van der Waals surface area (Å²) in [7, 11) is 1.65. The molecule has 0 aliphatic rings. The van der Waals surface area contributed by atoms with Gasteiger partial charge in [-0.15, -0.1) is 0 Å². The van der Waals surface area contributed by atoms with Gasteiger partial charge < -0.3 is 20.1 Å². The summed E-state index contributed by atoms with van der Waals surface area (Å²) < 4.78 is 10.2. The van der Waals surface area contributed by atoms with Crippen molar-refractivity contribution in [2.75, 3.05) is 46.6 Å². The molecule has 0 aliphatic heterocycles. The summed E-state index contributed by atoms with van der Waals surface area (Å²) in [5.41, 5.74) is 0. The first-order valence-corrected chi connectivity index (χ1v) is 6.22. The van der Waals surface area contributed by atoms with Crippen LogP contribution in [-0.4, -0.2) is 52.5 Å². The summed E-state index contributed by atoms with van der Waals surface area (Å²) >= 11 is 0. The van der Waals surface area contributed by atoms with Crippen LogP contribution in [0.4, 0.5) is 0 Å². The quantitative estimate of drug-likeness (QED) is 0.483. The Morgan fingerprint density at radius 1 is 1.22 bits per heavy atom. The van der Waals surface area contributed by atoms with E-state index in [2.05, 4.69) is 10.6 Å². The lowest BCUT2D eigenvalue weighted by atomic mass is 10.3. The first-order valence-electron chi connectivity index (χ1n) is 6.22. The third kappa shape index (κ3) is 12.9. The lowest BCUT2D eigenvalue weighted by Crippen LogP contribution is -2.34. The minimum atomic E-state index is -0.0680. The highest BCUT2D eigenvalue weighted by Gasteiger charge is 1.98. The van der Waals surface area contributed by atoms with Crippen molar-refractivity contribution < 1.29 is 14.3 Å². The van der Waals surface area contributed by atoms with Crippen LogP contribution in [0.3, 0.4) is 0 Å². The molecule has 0 aliphatic carbocycles. The molecule has 104 valence electrons. The summed E-state index contributed by atoms with van der Waals surface area (Å²) in [6, 6.07) is 1.97. The maximum atomic E-state index is 11.2. The zero-order chi connectivity index (χ0) is 13.5. The highest BCUT2D eigenvalue weighted by atomic mass is 16.5. The Kier molecular flexibility index (Phi) is 13.0. The number of unbranched alkanes of at least 4 members (excludes halogenated alkanes) is 1. The second-order valence-corrected chi connectivity index (χ2v) is 3.75. The van der Waals surface area contributed by atoms with E-state index in [1.165, 1.54) is 0 Å². The topological polar surface area (TPSA) is 83.4 Å². The van der Waals surface area contributed by atoms with E-state index < -0.39 is 0 Å². The zero-order valence-corrected chi connectivity index (χ0v) is 11.0. The maximum Gasteiger partial charge on any atom is 0.233 e. The number of carbonyl (C=O) groups excluding carboxylic acids is 1. The van der Waals surface area contributed by atoms with Gasteiger partial charge in [-0.25, -0.2) is 0 Å². The monoisotopic (exact) mass is 257 g/mol. The van der Waals surface area contributed by atoms with Gasteiger partial charge in [0.05, 0.1) is 32.2 Å². The molecule has 0 fully saturated rings. The molecule has 0 spiro atoms. The van der Waals surface area contributed by atoms with Gasteiger partial charge in [-0.3, -0.25) is 4.79 Å². The normalized spacial score (nSPS) is 10.0. The van der Waals surface area contributed by atoms with Crippen LogP contribution in [0.5, 0.6) is 0 Å². The molecule has 0 unspecified atom stereocenters. The van der Waals surface area contributed by atoms with Crippen LogP contribution in [0.25, 0.3) is 0 Å². The number of rotatable bonds is 12. The van der Waals surface area contributed by atoms with Gasteiger partial charge in [0.2, 0.25) is 5.91 Å². The molecule has 0 aromatic rings. The maximum absolute atomic E-state index is 11.2. The van der Waals surface area contributed by atoms with E-state index in [-0.39, 0.29) is 5.91 Å². The van der Waals surface area contributed by atoms with E-state index in [1.807, 2.05) is 6.07 Å². The Hall–Kier alpha value is -1.16. The lowest BCUT2D eigenvalue weighted by Gasteiger charge is -2.06. The van der Waals surface area contributed by atoms with Crippen LogP contribution in [0.2, 0.25) is 0 Å². The Labute approximate surface area is 109 Å². The van der Waals surface area contributed by atoms with Crippen LogP contribution in [0.1, 0.15) is 19.3 Å². The molecule has 0 heterocycles. The van der Waals surface area contributed by atoms with Crippen LogP contribution >= 0.6 is 0 Å². The third-order valence-electron chi connectivity index (χ3n) is 2.17. The van der Waals surface area contributed by atoms with Gasteiger partial charge in [-0.1, -0.05) is 0 Å². The number of hydrogen-bond acceptors (Lipinski definition) is 5. The van der Waals surface area contributed by atoms with Crippen molar-refractivity contribution in [1.29, 1.82) is 5.26 Å². The van der Waals surface area contributed by atoms with E-state index in [0.717, 1.165) is 26.0 Å². The average molecular weight is 257 g/mol. The van der Waals surface area contributed by atoms with Crippen molar-refractivity contribution in [2.24, 2.45) is 0 Å². The summed E-state index contributed by atoms with van der Waals surface area (Å²) in [6.07, 6.45) is 2.29. The van der Waals surface area contributed by atoms with E-state index in [9.17, 15) is 4.79 Å². The predicted octanol–water partition coefficient (Wildman–Crippen LogP) is 0.0491. The van der Waals surface area contributed by atoms with Gasteiger partial charge in [0, 0.05) is 20.3 Å². The summed E-state index contributed by atoms with van der Waals surface area (Å²) in [5, 5.41) is 14.0. The van der Waals surface area contributed by atoms with Gasteiger partial charge in [-0.05, 0) is 19.4 Å². The van der Waals surface area contributed by atoms with Crippen LogP contribution < -0.4 is 10.6 Å². The molecule has 0 saturated heterocycles. The van der Waals surface area contributed by atoms with E-state index in [1.54, 1.807) is 7.11 Å². The number of amides is 1. The molecular weight excluding hydrogens is 234 g/mol. The number of ether oxygens (including phenoxy) is 2. The molecule has 0 aromatic heterocycles. The Bertz CT molecular complexity index is 241. The summed E-state index contributed by atoms with van der Waals surface area (Å²) in [4.78, 5) is 11.2. The molecule has 18 heavy (non-hydrogen) atoms. The molecule has 0 radical (unpaired) electrons. The molecular formula is C12H23N3O3. The Morgan fingerprint density at radius 3 is 2.78 bits per heavy atom. The molecule has 0 bridgehead atoms. The number of nitriles is 1. The number of hydrogen-bond donors (Lipinski definition) is 2. The SMILES string of the molecule is COCCOCCCCNCC(=O)NCCC#N. The van der Waals surface area contributed by atoms with Crippen molar-refractivity contribution in [3.63, 3.8) is 0 Å². The number of methoxy groups -OCH3 is 1. The van der Waals surface area contributed by atoms with Crippen molar-refractivity contribution in [1.82, 2.24) is 10.6 Å². The van der Waals surface area contributed by atoms with Gasteiger partial charge in [-0.2, -0.15) is 5.26 Å². The average Bonchev–Trinajstić information content (AvgIpc) is 2.37. The highest BCUT2D eigenvalue weighted by molar-refractivity contribution is 5.77. The second kappa shape index (κ2) is 13.9. The van der Waals surface area contributed by atoms with Crippen molar-refractivity contribution in [3.05, 3.63) is 0 Å². The Morgan fingerprint density at radius 2 is 2.06 bits per heavy atom. The molecule has 0 saturated carbocycles. The largest absolute Gasteiger partial charge is 0.382 e. The summed E-state index contributed by atoms with van der Waals surface area (Å²) in [5.74, 6) is -0.0680. The van der Waals surface area contributed by atoms with Crippen LogP contribution in [-0.2, 0) is 14.3 Å². The standard InChI is InChI=1S/C12H23N3O3/c1-17-9-10-18-8-3-2-6-14-11-12(16)15-7-4-5-13/h14H,2-4,6-11H2,1H3,(H,15,16). The van der Waals surface area contributed by atoms with Gasteiger partial charge >= 0.3 is 0 Å². The second-order valence-electron chi connectivity index (χ2n) is 3.75. The number of carbonyl (C=O) groups is 1. The lowest BCUT2D eigenvalue weighted by molar-refractivity contribution is -0.120. The minimum absolute atomic E-state index is 0.0680. The van der Waals surface area contributed by atoms with Gasteiger partial charge in [0.15, 0.2) is 0 Å². The molecule has 0 rings (SSSR count). The predicted molar refractivity (Wildman–Crippen MR) is 68.0 cm³/mol. The molecule has 6 nitrogen and oxygen atoms in total. The fourth-order valence-corrected chi connectivity index (χ4v) is 1.22. The van der Waals surface area contributed by atoms with Crippen molar-refractivity contribution >= 4 is 5.91 Å². The van der Waals surface area contributed by atoms with E-state index >= 15 is 0 Å². The summed E-state index contributed by atoms with van der Waals surface area (Å²) in [6.45, 7) is 3.49. The fourth-order valence-electron chi connectivity index (χ4n) is 1.22. The number of nitrogens with one attached hydrogen (secondary N) is 2. The Balaban J connectivity index is 3.10.